The predicted octanol–water partition coefficient (Wildman–Crippen LogP) is 2.09. The molecule has 21 heavy (non-hydrogen) atoms. The quantitative estimate of drug-likeness (QED) is 0.938. The molecule has 1 fully saturated rings. The number of nitrogens with zero attached hydrogens (tertiary/aromatic N) is 2. The van der Waals surface area contributed by atoms with E-state index in [9.17, 15) is 0 Å². The normalized spacial score (nSPS) is 23.6. The van der Waals surface area contributed by atoms with Gasteiger partial charge in [-0.25, -0.2) is 0 Å². The summed E-state index contributed by atoms with van der Waals surface area (Å²) in [7, 11) is 1.75. The second kappa shape index (κ2) is 6.10. The van der Waals surface area contributed by atoms with E-state index in [0.29, 0.717) is 0 Å². The van der Waals surface area contributed by atoms with Gasteiger partial charge in [0.1, 0.15) is 0 Å². The van der Waals surface area contributed by atoms with Crippen LogP contribution in [0.4, 0.5) is 0 Å². The Bertz CT molecular complexity index is 628. The number of methoxy groups -OCH3 is 1. The minimum Gasteiger partial charge on any atom is -0.379 e. The SMILES string of the molecule is CO[C@@H]1CN(Cc2c(C)ccc3ncccc23)CC[C@@H]1N. The zero-order chi connectivity index (χ0) is 14.8. The molecule has 0 unspecified atom stereocenters. The Kier molecular flexibility index (Phi) is 4.19. The molecular weight excluding hydrogens is 262 g/mol. The number of rotatable bonds is 3. The van der Waals surface area contributed by atoms with Gasteiger partial charge in [0.2, 0.25) is 0 Å². The second-order valence-corrected chi connectivity index (χ2v) is 5.89. The summed E-state index contributed by atoms with van der Waals surface area (Å²) < 4.78 is 5.51. The number of ether oxygens (including phenoxy) is 1. The van der Waals surface area contributed by atoms with Crippen molar-refractivity contribution in [1.82, 2.24) is 9.88 Å². The number of hydrogen-bond donors (Lipinski definition) is 1. The van der Waals surface area contributed by atoms with Crippen molar-refractivity contribution in [2.45, 2.75) is 32.0 Å². The van der Waals surface area contributed by atoms with E-state index in [0.717, 1.165) is 31.6 Å². The van der Waals surface area contributed by atoms with Gasteiger partial charge in [-0.05, 0) is 36.6 Å². The van der Waals surface area contributed by atoms with Crippen LogP contribution in [0.2, 0.25) is 0 Å². The van der Waals surface area contributed by atoms with E-state index in [-0.39, 0.29) is 12.1 Å². The van der Waals surface area contributed by atoms with Crippen LogP contribution in [0.5, 0.6) is 0 Å². The summed E-state index contributed by atoms with van der Waals surface area (Å²) >= 11 is 0. The van der Waals surface area contributed by atoms with Crippen LogP contribution in [-0.2, 0) is 11.3 Å². The van der Waals surface area contributed by atoms with Crippen LogP contribution in [0.3, 0.4) is 0 Å². The van der Waals surface area contributed by atoms with E-state index in [1.54, 1.807) is 7.11 Å². The smallest absolute Gasteiger partial charge is 0.0849 e. The molecule has 112 valence electrons. The fourth-order valence-electron chi connectivity index (χ4n) is 3.15. The summed E-state index contributed by atoms with van der Waals surface area (Å²) in [5.74, 6) is 0. The summed E-state index contributed by atoms with van der Waals surface area (Å²) in [4.78, 5) is 6.89. The molecule has 0 spiro atoms. The van der Waals surface area contributed by atoms with E-state index in [2.05, 4.69) is 35.0 Å². The molecule has 4 nitrogen and oxygen atoms in total. The third-order valence-electron chi connectivity index (χ3n) is 4.51. The third-order valence-corrected chi connectivity index (χ3v) is 4.51. The van der Waals surface area contributed by atoms with Gasteiger partial charge in [0.15, 0.2) is 0 Å². The molecule has 2 aromatic rings. The Balaban J connectivity index is 1.86. The maximum absolute atomic E-state index is 6.10. The molecule has 1 aromatic heterocycles. The zero-order valence-corrected chi connectivity index (χ0v) is 12.7. The average molecular weight is 285 g/mol. The van der Waals surface area contributed by atoms with Crippen LogP contribution in [0.25, 0.3) is 10.9 Å². The summed E-state index contributed by atoms with van der Waals surface area (Å²) in [6.45, 7) is 5.03. The Labute approximate surface area is 125 Å². The molecule has 0 aliphatic carbocycles. The molecule has 4 heteroatoms. The summed E-state index contributed by atoms with van der Waals surface area (Å²) in [6, 6.07) is 8.58. The highest BCUT2D eigenvalue weighted by Gasteiger charge is 2.26. The maximum atomic E-state index is 6.10. The Morgan fingerprint density at radius 3 is 3.05 bits per heavy atom. The van der Waals surface area contributed by atoms with E-state index < -0.39 is 0 Å². The summed E-state index contributed by atoms with van der Waals surface area (Å²) in [6.07, 6.45) is 2.97. The first kappa shape index (κ1) is 14.4. The highest BCUT2D eigenvalue weighted by molar-refractivity contribution is 5.83. The lowest BCUT2D eigenvalue weighted by atomic mass is 9.99. The Morgan fingerprint density at radius 2 is 2.24 bits per heavy atom. The Hall–Kier alpha value is -1.49. The largest absolute Gasteiger partial charge is 0.379 e. The lowest BCUT2D eigenvalue weighted by Crippen LogP contribution is -2.51. The van der Waals surface area contributed by atoms with Crippen molar-refractivity contribution in [2.75, 3.05) is 20.2 Å². The van der Waals surface area contributed by atoms with Crippen LogP contribution < -0.4 is 5.73 Å². The van der Waals surface area contributed by atoms with Gasteiger partial charge >= 0.3 is 0 Å². The minimum atomic E-state index is 0.132. The average Bonchev–Trinajstić information content (AvgIpc) is 2.52. The number of benzene rings is 1. The van der Waals surface area contributed by atoms with Crippen molar-refractivity contribution < 1.29 is 4.74 Å². The van der Waals surface area contributed by atoms with Crippen LogP contribution >= 0.6 is 0 Å². The summed E-state index contributed by atoms with van der Waals surface area (Å²) in [5.41, 5.74) is 9.85. The molecule has 0 radical (unpaired) electrons. The molecular formula is C17H23N3O. The molecule has 0 saturated carbocycles. The van der Waals surface area contributed by atoms with Gasteiger partial charge in [0.25, 0.3) is 0 Å². The highest BCUT2D eigenvalue weighted by Crippen LogP contribution is 2.24. The standard InChI is InChI=1S/C17H23N3O/c1-12-5-6-16-13(4-3-8-19-16)14(12)10-20-9-7-15(18)17(11-20)21-2/h3-6,8,15,17H,7,9-11,18H2,1-2H3/t15-,17+/m0/s1. The number of aromatic nitrogens is 1. The molecule has 1 aliphatic heterocycles. The van der Waals surface area contributed by atoms with Crippen LogP contribution in [0.1, 0.15) is 17.5 Å². The monoisotopic (exact) mass is 285 g/mol. The van der Waals surface area contributed by atoms with E-state index in [4.69, 9.17) is 10.5 Å². The maximum Gasteiger partial charge on any atom is 0.0849 e. The fraction of sp³-hybridized carbons (Fsp3) is 0.471. The van der Waals surface area contributed by atoms with Gasteiger partial charge in [0, 0.05) is 44.4 Å². The van der Waals surface area contributed by atoms with Crippen LogP contribution in [0.15, 0.2) is 30.5 Å². The van der Waals surface area contributed by atoms with E-state index in [1.165, 1.54) is 16.5 Å². The predicted molar refractivity (Wildman–Crippen MR) is 85.1 cm³/mol. The number of nitrogens with two attached hydrogens (primary N) is 1. The van der Waals surface area contributed by atoms with Crippen molar-refractivity contribution in [1.29, 1.82) is 0 Å². The molecule has 1 saturated heterocycles. The topological polar surface area (TPSA) is 51.4 Å². The molecule has 1 aliphatic rings. The van der Waals surface area contributed by atoms with Crippen LogP contribution in [-0.4, -0.2) is 42.2 Å². The van der Waals surface area contributed by atoms with Gasteiger partial charge in [-0.15, -0.1) is 0 Å². The molecule has 2 N–H and O–H groups in total. The van der Waals surface area contributed by atoms with Gasteiger partial charge in [-0.3, -0.25) is 9.88 Å². The number of aryl methyl sites for hydroxylation is 1. The van der Waals surface area contributed by atoms with Crippen molar-refractivity contribution in [3.8, 4) is 0 Å². The first-order valence-corrected chi connectivity index (χ1v) is 7.53. The van der Waals surface area contributed by atoms with Gasteiger partial charge in [0.05, 0.1) is 11.6 Å². The number of pyridine rings is 1. The fourth-order valence-corrected chi connectivity index (χ4v) is 3.15. The van der Waals surface area contributed by atoms with Crippen molar-refractivity contribution in [3.05, 3.63) is 41.6 Å². The molecule has 2 atom stereocenters. The third kappa shape index (κ3) is 2.93. The zero-order valence-electron chi connectivity index (χ0n) is 12.7. The summed E-state index contributed by atoms with van der Waals surface area (Å²) in [5, 5.41) is 1.25. The molecule has 3 rings (SSSR count). The second-order valence-electron chi connectivity index (χ2n) is 5.89. The van der Waals surface area contributed by atoms with E-state index in [1.807, 2.05) is 12.3 Å². The molecule has 2 heterocycles. The Morgan fingerprint density at radius 1 is 1.38 bits per heavy atom. The number of piperidine rings is 1. The van der Waals surface area contributed by atoms with Gasteiger partial charge < -0.3 is 10.5 Å². The first-order valence-electron chi connectivity index (χ1n) is 7.53. The number of likely N-dealkylation sites (tertiary alicyclic amines) is 1. The molecule has 0 amide bonds. The lowest BCUT2D eigenvalue weighted by molar-refractivity contribution is 0.0141. The minimum absolute atomic E-state index is 0.132. The molecule has 1 aromatic carbocycles. The number of hydrogen-bond acceptors (Lipinski definition) is 4. The van der Waals surface area contributed by atoms with Crippen LogP contribution in [0, 0.1) is 6.92 Å². The van der Waals surface area contributed by atoms with Crippen molar-refractivity contribution in [2.24, 2.45) is 5.73 Å². The lowest BCUT2D eigenvalue weighted by Gasteiger charge is -2.36. The number of fused-ring (bicyclic) bond motifs is 1. The first-order chi connectivity index (χ1) is 10.2. The molecule has 0 bridgehead atoms. The van der Waals surface area contributed by atoms with Crippen molar-refractivity contribution in [3.63, 3.8) is 0 Å². The van der Waals surface area contributed by atoms with Gasteiger partial charge in [-0.2, -0.15) is 0 Å². The van der Waals surface area contributed by atoms with Gasteiger partial charge in [-0.1, -0.05) is 12.1 Å². The highest BCUT2D eigenvalue weighted by atomic mass is 16.5. The van der Waals surface area contributed by atoms with Crippen molar-refractivity contribution >= 4 is 10.9 Å². The van der Waals surface area contributed by atoms with E-state index >= 15 is 0 Å².